The van der Waals surface area contributed by atoms with E-state index in [2.05, 4.69) is 36.5 Å². The molecule has 0 spiro atoms. The molecule has 1 fully saturated rings. The van der Waals surface area contributed by atoms with Gasteiger partial charge in [-0.25, -0.2) is 0 Å². The fraction of sp³-hybridized carbons (Fsp3) is 0.625. The lowest BCUT2D eigenvalue weighted by Gasteiger charge is -2.30. The lowest BCUT2D eigenvalue weighted by atomic mass is 9.81. The quantitative estimate of drug-likeness (QED) is 0.827. The molecule has 1 nitrogen and oxygen atoms in total. The van der Waals surface area contributed by atoms with Crippen LogP contribution in [0, 0.1) is 5.92 Å². The first-order valence-electron chi connectivity index (χ1n) is 7.17. The summed E-state index contributed by atoms with van der Waals surface area (Å²) in [7, 11) is 0. The maximum absolute atomic E-state index is 3.83. The van der Waals surface area contributed by atoms with E-state index in [4.69, 9.17) is 0 Å². The van der Waals surface area contributed by atoms with E-state index in [1.807, 2.05) is 0 Å². The molecule has 2 unspecified atom stereocenters. The molecule has 1 aromatic rings. The molecule has 3 rings (SSSR count). The number of hydrogen-bond donors (Lipinski definition) is 1. The normalized spacial score (nSPS) is 25.4. The van der Waals surface area contributed by atoms with Gasteiger partial charge in [0, 0.05) is 12.1 Å². The molecule has 0 bridgehead atoms. The fourth-order valence-electron chi connectivity index (χ4n) is 3.37. The van der Waals surface area contributed by atoms with Gasteiger partial charge in [-0.1, -0.05) is 43.5 Å². The Labute approximate surface area is 105 Å². The minimum absolute atomic E-state index is 0.612. The van der Waals surface area contributed by atoms with E-state index in [1.165, 1.54) is 38.5 Å². The van der Waals surface area contributed by atoms with Crippen molar-refractivity contribution >= 4 is 0 Å². The van der Waals surface area contributed by atoms with E-state index in [9.17, 15) is 0 Å². The monoisotopic (exact) mass is 229 g/mol. The fourth-order valence-corrected chi connectivity index (χ4v) is 3.37. The molecule has 0 heterocycles. The highest BCUT2D eigenvalue weighted by atomic mass is 14.9. The molecule has 0 aromatic heterocycles. The molecule has 0 saturated heterocycles. The van der Waals surface area contributed by atoms with E-state index >= 15 is 0 Å². The molecular weight excluding hydrogens is 206 g/mol. The van der Waals surface area contributed by atoms with Gasteiger partial charge in [-0.05, 0) is 43.2 Å². The zero-order valence-electron chi connectivity index (χ0n) is 10.8. The molecule has 1 heteroatoms. The van der Waals surface area contributed by atoms with Crippen LogP contribution in [0.3, 0.4) is 0 Å². The van der Waals surface area contributed by atoms with Gasteiger partial charge in [0.1, 0.15) is 0 Å². The van der Waals surface area contributed by atoms with Gasteiger partial charge < -0.3 is 5.32 Å². The van der Waals surface area contributed by atoms with Gasteiger partial charge >= 0.3 is 0 Å². The molecule has 2 aliphatic carbocycles. The molecule has 17 heavy (non-hydrogen) atoms. The van der Waals surface area contributed by atoms with Crippen molar-refractivity contribution in [3.05, 3.63) is 35.4 Å². The average Bonchev–Trinajstić information content (AvgIpc) is 2.68. The number of rotatable bonds is 4. The summed E-state index contributed by atoms with van der Waals surface area (Å²) >= 11 is 0. The van der Waals surface area contributed by atoms with Crippen molar-refractivity contribution in [1.82, 2.24) is 5.32 Å². The first-order chi connectivity index (χ1) is 8.33. The van der Waals surface area contributed by atoms with Crippen LogP contribution in [0.15, 0.2) is 24.3 Å². The Morgan fingerprint density at radius 1 is 1.24 bits per heavy atom. The van der Waals surface area contributed by atoms with E-state index < -0.39 is 0 Å². The van der Waals surface area contributed by atoms with Crippen LogP contribution in [0.25, 0.3) is 0 Å². The summed E-state index contributed by atoms with van der Waals surface area (Å²) in [5, 5.41) is 3.83. The summed E-state index contributed by atoms with van der Waals surface area (Å²) in [6, 6.07) is 10.2. The van der Waals surface area contributed by atoms with Crippen molar-refractivity contribution in [3.8, 4) is 0 Å². The SMILES string of the molecule is CC(CC1CCC1)NC1CCc2ccccc21. The zero-order chi connectivity index (χ0) is 11.7. The third-order valence-corrected chi connectivity index (χ3v) is 4.53. The smallest absolute Gasteiger partial charge is 0.0328 e. The minimum Gasteiger partial charge on any atom is -0.307 e. The molecule has 0 aliphatic heterocycles. The second-order valence-electron chi connectivity index (χ2n) is 5.89. The molecule has 2 atom stereocenters. The summed E-state index contributed by atoms with van der Waals surface area (Å²) in [5.41, 5.74) is 3.11. The highest BCUT2D eigenvalue weighted by molar-refractivity contribution is 5.34. The largest absolute Gasteiger partial charge is 0.307 e. The van der Waals surface area contributed by atoms with E-state index in [-0.39, 0.29) is 0 Å². The van der Waals surface area contributed by atoms with Gasteiger partial charge in [0.15, 0.2) is 0 Å². The molecule has 0 amide bonds. The summed E-state index contributed by atoms with van der Waals surface area (Å²) in [4.78, 5) is 0. The Hall–Kier alpha value is -0.820. The predicted octanol–water partition coefficient (Wildman–Crippen LogP) is 3.84. The van der Waals surface area contributed by atoms with Gasteiger partial charge in [-0.2, -0.15) is 0 Å². The van der Waals surface area contributed by atoms with Crippen molar-refractivity contribution in [3.63, 3.8) is 0 Å². The first kappa shape index (κ1) is 11.3. The Kier molecular flexibility index (Phi) is 3.19. The summed E-state index contributed by atoms with van der Waals surface area (Å²) < 4.78 is 0. The predicted molar refractivity (Wildman–Crippen MR) is 72.1 cm³/mol. The molecule has 1 N–H and O–H groups in total. The van der Waals surface area contributed by atoms with Crippen LogP contribution in [0.2, 0.25) is 0 Å². The van der Waals surface area contributed by atoms with Crippen molar-refractivity contribution < 1.29 is 0 Å². The van der Waals surface area contributed by atoms with Gasteiger partial charge in [0.05, 0.1) is 0 Å². The van der Waals surface area contributed by atoms with Crippen LogP contribution in [0.1, 0.15) is 56.2 Å². The molecule has 92 valence electrons. The highest BCUT2D eigenvalue weighted by Gasteiger charge is 2.25. The Bertz CT molecular complexity index is 381. The lowest BCUT2D eigenvalue weighted by molar-refractivity contribution is 0.257. The van der Waals surface area contributed by atoms with E-state index in [1.54, 1.807) is 11.1 Å². The lowest BCUT2D eigenvalue weighted by Crippen LogP contribution is -2.32. The molecular formula is C16H23N. The summed E-state index contributed by atoms with van der Waals surface area (Å²) in [6.45, 7) is 2.36. The maximum atomic E-state index is 3.83. The van der Waals surface area contributed by atoms with Gasteiger partial charge in [0.25, 0.3) is 0 Å². The molecule has 0 radical (unpaired) electrons. The molecule has 1 saturated carbocycles. The van der Waals surface area contributed by atoms with Crippen molar-refractivity contribution in [2.45, 2.75) is 57.5 Å². The van der Waals surface area contributed by atoms with Crippen LogP contribution in [0.4, 0.5) is 0 Å². The molecule has 1 aromatic carbocycles. The number of hydrogen-bond acceptors (Lipinski definition) is 1. The number of aryl methyl sites for hydroxylation is 1. The molecule has 2 aliphatic rings. The number of nitrogens with one attached hydrogen (secondary N) is 1. The first-order valence-corrected chi connectivity index (χ1v) is 7.17. The van der Waals surface area contributed by atoms with Crippen molar-refractivity contribution in [2.75, 3.05) is 0 Å². The van der Waals surface area contributed by atoms with Crippen LogP contribution in [-0.2, 0) is 6.42 Å². The second-order valence-corrected chi connectivity index (χ2v) is 5.89. The maximum Gasteiger partial charge on any atom is 0.0328 e. The van der Waals surface area contributed by atoms with E-state index in [0.29, 0.717) is 12.1 Å². The third-order valence-electron chi connectivity index (χ3n) is 4.53. The Balaban J connectivity index is 1.58. The summed E-state index contributed by atoms with van der Waals surface area (Å²) in [5.74, 6) is 1.01. The van der Waals surface area contributed by atoms with Gasteiger partial charge in [0.2, 0.25) is 0 Å². The van der Waals surface area contributed by atoms with Crippen molar-refractivity contribution in [1.29, 1.82) is 0 Å². The average molecular weight is 229 g/mol. The zero-order valence-corrected chi connectivity index (χ0v) is 10.8. The second kappa shape index (κ2) is 4.81. The third kappa shape index (κ3) is 2.40. The Morgan fingerprint density at radius 3 is 2.82 bits per heavy atom. The van der Waals surface area contributed by atoms with Crippen LogP contribution in [-0.4, -0.2) is 6.04 Å². The van der Waals surface area contributed by atoms with Crippen LogP contribution in [0.5, 0.6) is 0 Å². The van der Waals surface area contributed by atoms with Crippen LogP contribution >= 0.6 is 0 Å². The number of fused-ring (bicyclic) bond motifs is 1. The minimum atomic E-state index is 0.612. The van der Waals surface area contributed by atoms with Gasteiger partial charge in [-0.15, -0.1) is 0 Å². The highest BCUT2D eigenvalue weighted by Crippen LogP contribution is 2.34. The van der Waals surface area contributed by atoms with Gasteiger partial charge in [-0.3, -0.25) is 0 Å². The van der Waals surface area contributed by atoms with Crippen molar-refractivity contribution in [2.24, 2.45) is 5.92 Å². The Morgan fingerprint density at radius 2 is 2.06 bits per heavy atom. The topological polar surface area (TPSA) is 12.0 Å². The number of benzene rings is 1. The van der Waals surface area contributed by atoms with E-state index in [0.717, 1.165) is 5.92 Å². The summed E-state index contributed by atoms with van der Waals surface area (Å²) in [6.07, 6.45) is 8.31. The van der Waals surface area contributed by atoms with Crippen LogP contribution < -0.4 is 5.32 Å². The standard InChI is InChI=1S/C16H23N/c1-12(11-13-5-4-6-13)17-16-10-9-14-7-2-3-8-15(14)16/h2-3,7-8,12-13,16-17H,4-6,9-11H2,1H3.